The number of anilines is 1. The second-order valence-corrected chi connectivity index (χ2v) is 6.51. The summed E-state index contributed by atoms with van der Waals surface area (Å²) in [5.41, 5.74) is 7.74. The fourth-order valence-electron chi connectivity index (χ4n) is 3.28. The molecule has 0 radical (unpaired) electrons. The highest BCUT2D eigenvalue weighted by Gasteiger charge is 2.29. The Morgan fingerprint density at radius 3 is 2.69 bits per heavy atom. The third-order valence-electron chi connectivity index (χ3n) is 4.65. The van der Waals surface area contributed by atoms with Crippen molar-refractivity contribution in [1.82, 2.24) is 14.5 Å². The number of imidazole rings is 1. The van der Waals surface area contributed by atoms with Crippen LogP contribution in [0.5, 0.6) is 0 Å². The molecule has 0 spiro atoms. The van der Waals surface area contributed by atoms with E-state index in [0.717, 1.165) is 11.7 Å². The second kappa shape index (κ2) is 6.60. The molecule has 1 fully saturated rings. The fraction of sp³-hybridized carbons (Fsp3) is 0.333. The van der Waals surface area contributed by atoms with Gasteiger partial charge in [0, 0.05) is 19.2 Å². The van der Waals surface area contributed by atoms with Crippen molar-refractivity contribution in [3.8, 4) is 0 Å². The van der Waals surface area contributed by atoms with Crippen LogP contribution in [0.4, 0.5) is 19.1 Å². The SMILES string of the molecule is N[C@@H]1CN(c2nc3cc(F)ccc3n2Cc2ccc(F)cn2)CC[C@H]1F. The number of alkyl halides is 1. The number of benzene rings is 1. The minimum Gasteiger partial charge on any atom is -0.340 e. The van der Waals surface area contributed by atoms with E-state index >= 15 is 0 Å². The number of pyridine rings is 1. The lowest BCUT2D eigenvalue weighted by Gasteiger charge is -2.34. The van der Waals surface area contributed by atoms with Crippen molar-refractivity contribution in [3.63, 3.8) is 0 Å². The quantitative estimate of drug-likeness (QED) is 0.779. The monoisotopic (exact) mass is 361 g/mol. The van der Waals surface area contributed by atoms with E-state index in [4.69, 9.17) is 5.73 Å². The largest absolute Gasteiger partial charge is 0.340 e. The maximum Gasteiger partial charge on any atom is 0.206 e. The van der Waals surface area contributed by atoms with E-state index in [9.17, 15) is 13.2 Å². The van der Waals surface area contributed by atoms with Crippen molar-refractivity contribution in [1.29, 1.82) is 0 Å². The molecule has 0 amide bonds. The van der Waals surface area contributed by atoms with Gasteiger partial charge in [0.2, 0.25) is 5.95 Å². The fourth-order valence-corrected chi connectivity index (χ4v) is 3.28. The molecule has 3 aromatic rings. The van der Waals surface area contributed by atoms with Gasteiger partial charge in [-0.25, -0.2) is 18.2 Å². The molecule has 3 heterocycles. The molecule has 0 aliphatic carbocycles. The standard InChI is InChI=1S/C18H18F3N5/c19-11-2-4-17-16(7-11)24-18(25-6-5-14(21)15(22)10-25)26(17)9-13-3-1-12(20)8-23-13/h1-4,7-8,14-15H,5-6,9-10,22H2/t14-,15-/m1/s1. The van der Waals surface area contributed by atoms with Crippen molar-refractivity contribution in [3.05, 3.63) is 53.9 Å². The first-order valence-electron chi connectivity index (χ1n) is 8.42. The molecule has 136 valence electrons. The first kappa shape index (κ1) is 16.8. The van der Waals surface area contributed by atoms with Gasteiger partial charge < -0.3 is 15.2 Å². The average molecular weight is 361 g/mol. The van der Waals surface area contributed by atoms with Gasteiger partial charge >= 0.3 is 0 Å². The van der Waals surface area contributed by atoms with E-state index in [0.29, 0.717) is 43.2 Å². The van der Waals surface area contributed by atoms with Crippen molar-refractivity contribution in [2.75, 3.05) is 18.0 Å². The van der Waals surface area contributed by atoms with Crippen LogP contribution in [0.3, 0.4) is 0 Å². The van der Waals surface area contributed by atoms with Gasteiger partial charge in [0.25, 0.3) is 0 Å². The molecule has 2 aromatic heterocycles. The molecule has 1 aromatic carbocycles. The lowest BCUT2D eigenvalue weighted by molar-refractivity contribution is 0.243. The highest BCUT2D eigenvalue weighted by atomic mass is 19.1. The van der Waals surface area contributed by atoms with Gasteiger partial charge in [0.05, 0.1) is 35.5 Å². The average Bonchev–Trinajstić information content (AvgIpc) is 2.97. The number of rotatable bonds is 3. The molecule has 5 nitrogen and oxygen atoms in total. The molecule has 2 atom stereocenters. The summed E-state index contributed by atoms with van der Waals surface area (Å²) in [4.78, 5) is 10.5. The van der Waals surface area contributed by atoms with Crippen molar-refractivity contribution in [2.24, 2.45) is 5.73 Å². The summed E-state index contributed by atoms with van der Waals surface area (Å²) >= 11 is 0. The highest BCUT2D eigenvalue weighted by Crippen LogP contribution is 2.27. The summed E-state index contributed by atoms with van der Waals surface area (Å²) < 4.78 is 42.4. The number of nitrogens with two attached hydrogens (primary N) is 1. The van der Waals surface area contributed by atoms with Crippen LogP contribution in [0, 0.1) is 11.6 Å². The van der Waals surface area contributed by atoms with Crippen molar-refractivity contribution in [2.45, 2.75) is 25.2 Å². The summed E-state index contributed by atoms with van der Waals surface area (Å²) in [6.07, 6.45) is 0.423. The van der Waals surface area contributed by atoms with Gasteiger partial charge in [0.15, 0.2) is 0 Å². The lowest BCUT2D eigenvalue weighted by Crippen LogP contribution is -2.50. The van der Waals surface area contributed by atoms with Crippen LogP contribution >= 0.6 is 0 Å². The minimum absolute atomic E-state index is 0.313. The van der Waals surface area contributed by atoms with Gasteiger partial charge in [0.1, 0.15) is 17.8 Å². The Kier molecular flexibility index (Phi) is 4.28. The molecule has 2 N–H and O–H groups in total. The molecule has 0 bridgehead atoms. The second-order valence-electron chi connectivity index (χ2n) is 6.51. The Bertz CT molecular complexity index is 924. The van der Waals surface area contributed by atoms with Gasteiger partial charge in [-0.15, -0.1) is 0 Å². The molecule has 8 heteroatoms. The van der Waals surface area contributed by atoms with Gasteiger partial charge in [-0.2, -0.15) is 0 Å². The number of hydrogen-bond acceptors (Lipinski definition) is 4. The summed E-state index contributed by atoms with van der Waals surface area (Å²) in [6.45, 7) is 1.13. The normalized spacial score (nSPS) is 20.7. The first-order valence-corrected chi connectivity index (χ1v) is 8.42. The van der Waals surface area contributed by atoms with E-state index in [1.54, 1.807) is 12.1 Å². The van der Waals surface area contributed by atoms with E-state index in [2.05, 4.69) is 9.97 Å². The Morgan fingerprint density at radius 1 is 1.15 bits per heavy atom. The zero-order valence-electron chi connectivity index (χ0n) is 13.9. The summed E-state index contributed by atoms with van der Waals surface area (Å²) in [5, 5.41) is 0. The van der Waals surface area contributed by atoms with Crippen LogP contribution in [0.25, 0.3) is 11.0 Å². The summed E-state index contributed by atoms with van der Waals surface area (Å²) in [6, 6.07) is 6.70. The van der Waals surface area contributed by atoms with Crippen LogP contribution in [0.1, 0.15) is 12.1 Å². The Balaban J connectivity index is 1.76. The molecule has 0 saturated carbocycles. The predicted molar refractivity (Wildman–Crippen MR) is 92.7 cm³/mol. The maximum atomic E-state index is 13.7. The third-order valence-corrected chi connectivity index (χ3v) is 4.65. The number of aromatic nitrogens is 3. The lowest BCUT2D eigenvalue weighted by atomic mass is 10.1. The van der Waals surface area contributed by atoms with Crippen LogP contribution in [-0.4, -0.2) is 39.8 Å². The smallest absolute Gasteiger partial charge is 0.206 e. The molecule has 26 heavy (non-hydrogen) atoms. The van der Waals surface area contributed by atoms with E-state index < -0.39 is 18.0 Å². The number of piperidine rings is 1. The van der Waals surface area contributed by atoms with Crippen molar-refractivity contribution < 1.29 is 13.2 Å². The molecular weight excluding hydrogens is 343 g/mol. The van der Waals surface area contributed by atoms with E-state index in [1.165, 1.54) is 18.2 Å². The molecule has 4 rings (SSSR count). The van der Waals surface area contributed by atoms with Crippen LogP contribution in [0.15, 0.2) is 36.5 Å². The van der Waals surface area contributed by atoms with E-state index in [1.807, 2.05) is 9.47 Å². The molecule has 1 aliphatic rings. The zero-order valence-corrected chi connectivity index (χ0v) is 13.9. The maximum absolute atomic E-state index is 13.7. The summed E-state index contributed by atoms with van der Waals surface area (Å²) in [5.74, 6) is -0.214. The number of halogens is 3. The zero-order chi connectivity index (χ0) is 18.3. The molecule has 0 unspecified atom stereocenters. The third kappa shape index (κ3) is 3.12. The number of nitrogens with zero attached hydrogens (tertiary/aromatic N) is 4. The Morgan fingerprint density at radius 2 is 1.96 bits per heavy atom. The molecular formula is C18H18F3N5. The van der Waals surface area contributed by atoms with Crippen LogP contribution in [-0.2, 0) is 6.54 Å². The van der Waals surface area contributed by atoms with Gasteiger partial charge in [-0.05, 0) is 30.7 Å². The van der Waals surface area contributed by atoms with Crippen LogP contribution < -0.4 is 10.6 Å². The highest BCUT2D eigenvalue weighted by molar-refractivity contribution is 5.79. The number of fused-ring (bicyclic) bond motifs is 1. The minimum atomic E-state index is -1.04. The molecule has 1 saturated heterocycles. The van der Waals surface area contributed by atoms with Crippen LogP contribution in [0.2, 0.25) is 0 Å². The van der Waals surface area contributed by atoms with Gasteiger partial charge in [-0.1, -0.05) is 0 Å². The summed E-state index contributed by atoms with van der Waals surface area (Å²) in [7, 11) is 0. The van der Waals surface area contributed by atoms with E-state index in [-0.39, 0.29) is 5.82 Å². The number of hydrogen-bond donors (Lipinski definition) is 1. The Hall–Kier alpha value is -2.61. The topological polar surface area (TPSA) is 60.0 Å². The first-order chi connectivity index (χ1) is 12.5. The molecule has 1 aliphatic heterocycles. The predicted octanol–water partition coefficient (Wildman–Crippen LogP) is 2.63. The van der Waals surface area contributed by atoms with Gasteiger partial charge in [-0.3, -0.25) is 4.98 Å². The Labute approximate surface area is 148 Å². The van der Waals surface area contributed by atoms with Crippen molar-refractivity contribution >= 4 is 17.0 Å².